The molecule has 9 aromatic carbocycles. The van der Waals surface area contributed by atoms with Crippen LogP contribution in [0.15, 0.2) is 206 Å². The molecule has 0 radical (unpaired) electrons. The average Bonchev–Trinajstić information content (AvgIpc) is 4.11. The summed E-state index contributed by atoms with van der Waals surface area (Å²) in [5.41, 5.74) is 15.3. The molecule has 61 heavy (non-hydrogen) atoms. The molecule has 0 N–H and O–H groups in total. The number of rotatable bonds is 4. The van der Waals surface area contributed by atoms with E-state index in [9.17, 15) is 0 Å². The predicted molar refractivity (Wildman–Crippen MR) is 259 cm³/mol. The number of fused-ring (bicyclic) bond motifs is 14. The average molecular weight is 795 g/mol. The van der Waals surface area contributed by atoms with Gasteiger partial charge in [0.05, 0.1) is 38.6 Å². The third-order valence-corrected chi connectivity index (χ3v) is 14.1. The van der Waals surface area contributed by atoms with Gasteiger partial charge in [-0.15, -0.1) is 11.3 Å². The van der Waals surface area contributed by atoms with Crippen LogP contribution in [0.4, 0.5) is 0 Å². The zero-order chi connectivity index (χ0) is 39.8. The second kappa shape index (κ2) is 12.3. The lowest BCUT2D eigenvalue weighted by atomic mass is 9.98. The molecule has 0 aliphatic heterocycles. The van der Waals surface area contributed by atoms with Crippen molar-refractivity contribution in [2.24, 2.45) is 0 Å². The smallest absolute Gasteiger partial charge is 0.131 e. The fraction of sp³-hybridized carbons (Fsp3) is 0. The van der Waals surface area contributed by atoms with Crippen LogP contribution in [0, 0.1) is 0 Å². The van der Waals surface area contributed by atoms with Gasteiger partial charge in [0.2, 0.25) is 0 Å². The summed E-state index contributed by atoms with van der Waals surface area (Å²) in [6.07, 6.45) is 0. The van der Waals surface area contributed by atoms with Crippen molar-refractivity contribution in [3.63, 3.8) is 0 Å². The third kappa shape index (κ3) is 4.48. The van der Waals surface area contributed by atoms with Gasteiger partial charge in [0, 0.05) is 69.7 Å². The normalized spacial score (nSPS) is 12.3. The summed E-state index contributed by atoms with van der Waals surface area (Å²) in [5.74, 6) is 0. The number of hydrogen-bond acceptors (Lipinski definition) is 1. The number of nitrogens with zero attached hydrogens (tertiary/aromatic N) is 4. The van der Waals surface area contributed by atoms with Crippen molar-refractivity contribution in [3.05, 3.63) is 206 Å². The van der Waals surface area contributed by atoms with E-state index < -0.39 is 0 Å². The molecule has 0 bridgehead atoms. The summed E-state index contributed by atoms with van der Waals surface area (Å²) >= 11 is 1.87. The molecule has 0 atom stereocenters. The van der Waals surface area contributed by atoms with Gasteiger partial charge in [-0.1, -0.05) is 127 Å². The summed E-state index contributed by atoms with van der Waals surface area (Å²) in [6.45, 7) is 0. The van der Waals surface area contributed by atoms with Crippen LogP contribution in [0.1, 0.15) is 0 Å². The number of hydrogen-bond donors (Lipinski definition) is 0. The summed E-state index contributed by atoms with van der Waals surface area (Å²) in [5, 5.41) is 8.84. The van der Waals surface area contributed by atoms with E-state index in [0.717, 1.165) is 33.7 Å². The van der Waals surface area contributed by atoms with Crippen molar-refractivity contribution in [2.75, 3.05) is 0 Å². The number of benzene rings is 9. The molecule has 5 heteroatoms. The molecular weight excluding hydrogens is 761 g/mol. The topological polar surface area (TPSA) is 19.2 Å². The molecule has 0 aliphatic rings. The van der Waals surface area contributed by atoms with E-state index in [1.165, 1.54) is 85.8 Å². The summed E-state index contributed by atoms with van der Waals surface area (Å²) in [4.78, 5) is 0. The van der Waals surface area contributed by atoms with Gasteiger partial charge in [-0.25, -0.2) is 0 Å². The van der Waals surface area contributed by atoms with Crippen LogP contribution in [0.2, 0.25) is 0 Å². The maximum atomic E-state index is 2.55. The molecule has 0 aliphatic carbocycles. The van der Waals surface area contributed by atoms with Crippen LogP contribution in [0.5, 0.6) is 0 Å². The van der Waals surface area contributed by atoms with Crippen LogP contribution < -0.4 is 0 Å². The molecule has 14 aromatic rings. The Balaban J connectivity index is 1.18. The van der Waals surface area contributed by atoms with Gasteiger partial charge in [0.1, 0.15) is 5.65 Å². The van der Waals surface area contributed by atoms with Gasteiger partial charge >= 0.3 is 0 Å². The maximum absolute atomic E-state index is 2.55. The second-order valence-corrected chi connectivity index (χ2v) is 17.2. The van der Waals surface area contributed by atoms with Crippen LogP contribution >= 0.6 is 11.3 Å². The quantitative estimate of drug-likeness (QED) is 0.169. The third-order valence-electron chi connectivity index (χ3n) is 12.9. The standard InChI is InChI=1S/C56H34N4S/c1-2-15-35(16-3-1)59-49-32-30-37(58-47-25-11-6-19-40(47)41-20-7-12-26-48(41)58)34-51(49)60-50-33-36(57-45-23-9-4-17-38(45)39-18-5-10-24-46(39)57)29-31-42(50)55(56(59)60)44-22-14-28-53-54(44)43-21-8-13-27-52(43)61-53/h1-34H. The van der Waals surface area contributed by atoms with Gasteiger partial charge in [-0.3, -0.25) is 8.97 Å². The van der Waals surface area contributed by atoms with Crippen molar-refractivity contribution in [2.45, 2.75) is 0 Å². The molecule has 5 aromatic heterocycles. The van der Waals surface area contributed by atoms with E-state index >= 15 is 0 Å². The summed E-state index contributed by atoms with van der Waals surface area (Å²) in [7, 11) is 0. The molecule has 4 nitrogen and oxygen atoms in total. The minimum atomic E-state index is 1.13. The lowest BCUT2D eigenvalue weighted by Gasteiger charge is -2.12. The molecular formula is C56H34N4S. The van der Waals surface area contributed by atoms with Crippen LogP contribution in [0.25, 0.3) is 120 Å². The highest BCUT2D eigenvalue weighted by atomic mass is 32.1. The van der Waals surface area contributed by atoms with E-state index in [1.807, 2.05) is 11.3 Å². The Morgan fingerprint density at radius 2 is 0.803 bits per heavy atom. The molecule has 5 heterocycles. The highest BCUT2D eigenvalue weighted by Gasteiger charge is 2.26. The molecule has 0 amide bonds. The largest absolute Gasteiger partial charge is 0.309 e. The van der Waals surface area contributed by atoms with E-state index in [4.69, 9.17) is 0 Å². The molecule has 0 saturated carbocycles. The van der Waals surface area contributed by atoms with Crippen LogP contribution in [0.3, 0.4) is 0 Å². The first-order valence-electron chi connectivity index (χ1n) is 20.9. The van der Waals surface area contributed by atoms with E-state index in [0.29, 0.717) is 0 Å². The van der Waals surface area contributed by atoms with Gasteiger partial charge in [-0.2, -0.15) is 0 Å². The fourth-order valence-corrected chi connectivity index (χ4v) is 11.6. The summed E-state index contributed by atoms with van der Waals surface area (Å²) in [6, 6.07) is 76.0. The molecule has 0 fully saturated rings. The highest BCUT2D eigenvalue weighted by Crippen LogP contribution is 2.47. The first-order valence-corrected chi connectivity index (χ1v) is 21.7. The van der Waals surface area contributed by atoms with Gasteiger partial charge in [-0.05, 0) is 84.4 Å². The first kappa shape index (κ1) is 33.0. The number of imidazole rings is 1. The fourth-order valence-electron chi connectivity index (χ4n) is 10.5. The lowest BCUT2D eigenvalue weighted by Crippen LogP contribution is -1.96. The highest BCUT2D eigenvalue weighted by molar-refractivity contribution is 7.26. The van der Waals surface area contributed by atoms with Crippen molar-refractivity contribution >= 4 is 103 Å². The SMILES string of the molecule is c1ccc(-n2c3ccc(-n4c5ccccc5c5ccccc54)cc3n3c4cc(-n5c6ccccc6c6ccccc65)ccc4c(-c4cccc5sc6ccccc6c45)c23)cc1. The molecule has 0 spiro atoms. The summed E-state index contributed by atoms with van der Waals surface area (Å²) < 4.78 is 12.5. The minimum absolute atomic E-state index is 1.13. The van der Waals surface area contributed by atoms with Crippen molar-refractivity contribution in [3.8, 4) is 28.2 Å². The van der Waals surface area contributed by atoms with Gasteiger partial charge < -0.3 is 9.13 Å². The van der Waals surface area contributed by atoms with Crippen molar-refractivity contribution < 1.29 is 0 Å². The lowest BCUT2D eigenvalue weighted by molar-refractivity contribution is 1.15. The van der Waals surface area contributed by atoms with Crippen LogP contribution in [-0.2, 0) is 0 Å². The van der Waals surface area contributed by atoms with Crippen LogP contribution in [-0.4, -0.2) is 18.1 Å². The van der Waals surface area contributed by atoms with E-state index in [-0.39, 0.29) is 0 Å². The molecule has 0 unspecified atom stereocenters. The second-order valence-electron chi connectivity index (χ2n) is 16.1. The van der Waals surface area contributed by atoms with E-state index in [2.05, 4.69) is 224 Å². The van der Waals surface area contributed by atoms with Crippen molar-refractivity contribution in [1.29, 1.82) is 0 Å². The number of thiophene rings is 1. The van der Waals surface area contributed by atoms with Gasteiger partial charge in [0.15, 0.2) is 0 Å². The number of aromatic nitrogens is 4. The Morgan fingerprint density at radius 1 is 0.295 bits per heavy atom. The Morgan fingerprint density at radius 3 is 1.43 bits per heavy atom. The zero-order valence-corrected chi connectivity index (χ0v) is 33.6. The van der Waals surface area contributed by atoms with Crippen molar-refractivity contribution in [1.82, 2.24) is 18.1 Å². The molecule has 284 valence electrons. The molecule has 0 saturated heterocycles. The number of para-hydroxylation sites is 5. The zero-order valence-electron chi connectivity index (χ0n) is 32.8. The monoisotopic (exact) mass is 794 g/mol. The maximum Gasteiger partial charge on any atom is 0.131 e. The van der Waals surface area contributed by atoms with E-state index in [1.54, 1.807) is 0 Å². The Kier molecular flexibility index (Phi) is 6.68. The first-order chi connectivity index (χ1) is 30.3. The predicted octanol–water partition coefficient (Wildman–Crippen LogP) is 15.3. The minimum Gasteiger partial charge on any atom is -0.309 e. The Labute approximate surface area is 353 Å². The Hall–Kier alpha value is -7.86. The Bertz CT molecular complexity index is 4010. The molecule has 14 rings (SSSR count). The van der Waals surface area contributed by atoms with Gasteiger partial charge in [0.25, 0.3) is 0 Å².